The molecule has 0 aromatic heterocycles. The molecule has 1 N–H and O–H groups in total. The number of ether oxygens (including phenoxy) is 1. The maximum Gasteiger partial charge on any atom is 0.323 e. The van der Waals surface area contributed by atoms with Gasteiger partial charge in [0.2, 0.25) is 0 Å². The molecule has 0 aromatic carbocycles. The van der Waals surface area contributed by atoms with E-state index in [1.807, 2.05) is 0 Å². The predicted molar refractivity (Wildman–Crippen MR) is 30.0 cm³/mol. The molecule has 1 atom stereocenters. The van der Waals surface area contributed by atoms with Crippen molar-refractivity contribution in [1.29, 1.82) is 0 Å². The van der Waals surface area contributed by atoms with Crippen LogP contribution in [0.2, 0.25) is 0 Å². The highest BCUT2D eigenvalue weighted by atomic mass is 16.5. The van der Waals surface area contributed by atoms with Crippen molar-refractivity contribution in [1.82, 2.24) is 4.90 Å². The second-order valence-electron chi connectivity index (χ2n) is 2.11. The van der Waals surface area contributed by atoms with Gasteiger partial charge in [-0.1, -0.05) is 0 Å². The molecule has 1 fully saturated rings. The minimum Gasteiger partial charge on any atom is -0.480 e. The van der Waals surface area contributed by atoms with E-state index in [0.29, 0.717) is 13.3 Å². The van der Waals surface area contributed by atoms with Crippen LogP contribution in [-0.2, 0) is 9.53 Å². The smallest absolute Gasteiger partial charge is 0.323 e. The van der Waals surface area contributed by atoms with Crippen molar-refractivity contribution in [2.75, 3.05) is 20.4 Å². The lowest BCUT2D eigenvalue weighted by Gasteiger charge is -2.10. The van der Waals surface area contributed by atoms with E-state index >= 15 is 0 Å². The quantitative estimate of drug-likeness (QED) is 0.514. The van der Waals surface area contributed by atoms with Crippen LogP contribution < -0.4 is 0 Å². The fraction of sp³-hybridized carbons (Fsp3) is 0.800. The van der Waals surface area contributed by atoms with E-state index in [0.717, 1.165) is 0 Å². The lowest BCUT2D eigenvalue weighted by Crippen LogP contribution is -2.34. The first-order chi connectivity index (χ1) is 4.22. The van der Waals surface area contributed by atoms with E-state index in [4.69, 9.17) is 9.84 Å². The standard InChI is InChI=1S/C5H9NO3/c1-6-3-9-2-4(6)5(7)8/h4H,2-3H2,1H3,(H,7,8)/t4-/m0/s1. The van der Waals surface area contributed by atoms with Crippen LogP contribution in [0.1, 0.15) is 0 Å². The number of nitrogens with zero attached hydrogens (tertiary/aromatic N) is 1. The summed E-state index contributed by atoms with van der Waals surface area (Å²) >= 11 is 0. The molecule has 0 saturated carbocycles. The summed E-state index contributed by atoms with van der Waals surface area (Å²) in [4.78, 5) is 11.9. The number of likely N-dealkylation sites (N-methyl/N-ethyl adjacent to an activating group) is 1. The third-order valence-electron chi connectivity index (χ3n) is 1.39. The lowest BCUT2D eigenvalue weighted by molar-refractivity contribution is -0.141. The summed E-state index contributed by atoms with van der Waals surface area (Å²) < 4.78 is 4.88. The first kappa shape index (κ1) is 6.51. The van der Waals surface area contributed by atoms with Crippen LogP contribution in [0.4, 0.5) is 0 Å². The zero-order valence-corrected chi connectivity index (χ0v) is 5.20. The van der Waals surface area contributed by atoms with E-state index in [1.165, 1.54) is 0 Å². The molecule has 0 unspecified atom stereocenters. The van der Waals surface area contributed by atoms with Gasteiger partial charge in [0.15, 0.2) is 0 Å². The number of aliphatic carboxylic acids is 1. The summed E-state index contributed by atoms with van der Waals surface area (Å²) in [7, 11) is 1.73. The average Bonchev–Trinajstić information content (AvgIpc) is 2.13. The fourth-order valence-corrected chi connectivity index (χ4v) is 0.785. The Labute approximate surface area is 53.0 Å². The lowest BCUT2D eigenvalue weighted by atomic mass is 10.3. The molecule has 0 radical (unpaired) electrons. The molecule has 0 spiro atoms. The average molecular weight is 131 g/mol. The molecule has 52 valence electrons. The second-order valence-corrected chi connectivity index (χ2v) is 2.11. The highest BCUT2D eigenvalue weighted by Crippen LogP contribution is 2.05. The van der Waals surface area contributed by atoms with Gasteiger partial charge in [-0.3, -0.25) is 9.69 Å². The van der Waals surface area contributed by atoms with Gasteiger partial charge in [0.25, 0.3) is 0 Å². The zero-order chi connectivity index (χ0) is 6.85. The molecule has 0 amide bonds. The number of carboxylic acid groups (broad SMARTS) is 1. The number of rotatable bonds is 1. The normalized spacial score (nSPS) is 28.8. The topological polar surface area (TPSA) is 49.8 Å². The molecule has 1 rings (SSSR count). The molecule has 1 saturated heterocycles. The Morgan fingerprint density at radius 1 is 1.89 bits per heavy atom. The number of hydrogen-bond donors (Lipinski definition) is 1. The Balaban J connectivity index is 2.49. The SMILES string of the molecule is CN1COC[C@H]1C(=O)O. The Hall–Kier alpha value is -0.610. The second kappa shape index (κ2) is 2.33. The van der Waals surface area contributed by atoms with Crippen molar-refractivity contribution in [3.63, 3.8) is 0 Å². The zero-order valence-electron chi connectivity index (χ0n) is 5.20. The maximum atomic E-state index is 10.3. The van der Waals surface area contributed by atoms with Crippen molar-refractivity contribution in [3.8, 4) is 0 Å². The van der Waals surface area contributed by atoms with Crippen LogP contribution in [-0.4, -0.2) is 42.4 Å². The minimum absolute atomic E-state index is 0.311. The van der Waals surface area contributed by atoms with Crippen LogP contribution in [0.3, 0.4) is 0 Å². The van der Waals surface area contributed by atoms with Crippen molar-refractivity contribution in [2.24, 2.45) is 0 Å². The number of hydrogen-bond acceptors (Lipinski definition) is 3. The Morgan fingerprint density at radius 3 is 2.78 bits per heavy atom. The van der Waals surface area contributed by atoms with E-state index < -0.39 is 12.0 Å². The summed E-state index contributed by atoms with van der Waals surface area (Å²) in [5, 5.41) is 8.46. The van der Waals surface area contributed by atoms with Crippen LogP contribution in [0.15, 0.2) is 0 Å². The number of carbonyl (C=O) groups is 1. The summed E-state index contributed by atoms with van der Waals surface area (Å²) in [6.45, 7) is 0.739. The molecule has 1 aliphatic heterocycles. The molecule has 0 bridgehead atoms. The monoisotopic (exact) mass is 131 g/mol. The molecule has 4 heteroatoms. The summed E-state index contributed by atoms with van der Waals surface area (Å²) in [6.07, 6.45) is 0. The van der Waals surface area contributed by atoms with E-state index in [2.05, 4.69) is 0 Å². The van der Waals surface area contributed by atoms with Crippen molar-refractivity contribution in [3.05, 3.63) is 0 Å². The number of carboxylic acids is 1. The van der Waals surface area contributed by atoms with Crippen molar-refractivity contribution in [2.45, 2.75) is 6.04 Å². The Morgan fingerprint density at radius 2 is 2.56 bits per heavy atom. The van der Waals surface area contributed by atoms with Gasteiger partial charge in [-0.15, -0.1) is 0 Å². The third kappa shape index (κ3) is 1.20. The largest absolute Gasteiger partial charge is 0.480 e. The summed E-state index contributed by atoms with van der Waals surface area (Å²) in [5.74, 6) is -0.810. The molecular weight excluding hydrogens is 122 g/mol. The van der Waals surface area contributed by atoms with E-state index in [1.54, 1.807) is 11.9 Å². The van der Waals surface area contributed by atoms with Gasteiger partial charge in [-0.05, 0) is 7.05 Å². The van der Waals surface area contributed by atoms with Gasteiger partial charge in [0, 0.05) is 0 Å². The molecule has 0 aromatic rings. The van der Waals surface area contributed by atoms with Crippen LogP contribution >= 0.6 is 0 Å². The third-order valence-corrected chi connectivity index (χ3v) is 1.39. The Bertz CT molecular complexity index is 125. The first-order valence-corrected chi connectivity index (χ1v) is 2.72. The Kier molecular flexibility index (Phi) is 1.68. The molecule has 0 aliphatic carbocycles. The van der Waals surface area contributed by atoms with Gasteiger partial charge in [-0.25, -0.2) is 0 Å². The molecule has 1 aliphatic rings. The van der Waals surface area contributed by atoms with Gasteiger partial charge in [0.05, 0.1) is 13.3 Å². The first-order valence-electron chi connectivity index (χ1n) is 2.72. The van der Waals surface area contributed by atoms with E-state index in [9.17, 15) is 4.79 Å². The van der Waals surface area contributed by atoms with Crippen LogP contribution in [0.25, 0.3) is 0 Å². The summed E-state index contributed by atoms with van der Waals surface area (Å²) in [6, 6.07) is -0.440. The summed E-state index contributed by atoms with van der Waals surface area (Å²) in [5.41, 5.74) is 0. The van der Waals surface area contributed by atoms with Crippen LogP contribution in [0.5, 0.6) is 0 Å². The predicted octanol–water partition coefficient (Wildman–Crippen LogP) is -0.641. The molecule has 9 heavy (non-hydrogen) atoms. The van der Waals surface area contributed by atoms with Crippen molar-refractivity contribution < 1.29 is 14.6 Å². The minimum atomic E-state index is -0.810. The molecule has 4 nitrogen and oxygen atoms in total. The van der Waals surface area contributed by atoms with E-state index in [-0.39, 0.29) is 0 Å². The van der Waals surface area contributed by atoms with Gasteiger partial charge in [-0.2, -0.15) is 0 Å². The van der Waals surface area contributed by atoms with Crippen molar-refractivity contribution >= 4 is 5.97 Å². The fourth-order valence-electron chi connectivity index (χ4n) is 0.785. The molecule has 1 heterocycles. The van der Waals surface area contributed by atoms with Crippen LogP contribution in [0, 0.1) is 0 Å². The highest BCUT2D eigenvalue weighted by Gasteiger charge is 2.27. The molecular formula is C5H9NO3. The highest BCUT2D eigenvalue weighted by molar-refractivity contribution is 5.73. The van der Waals surface area contributed by atoms with Gasteiger partial charge < -0.3 is 9.84 Å². The van der Waals surface area contributed by atoms with Gasteiger partial charge in [0.1, 0.15) is 6.04 Å². The maximum absolute atomic E-state index is 10.3. The van der Waals surface area contributed by atoms with Gasteiger partial charge >= 0.3 is 5.97 Å².